The molecule has 0 spiro atoms. The molecule has 0 saturated heterocycles. The third-order valence-corrected chi connectivity index (χ3v) is 2.96. The van der Waals surface area contributed by atoms with Crippen LogP contribution < -0.4 is 0 Å². The number of unbranched alkanes of at least 4 members (excludes halogenated alkanes) is 3. The highest BCUT2D eigenvalue weighted by molar-refractivity contribution is 4.58. The van der Waals surface area contributed by atoms with Crippen LogP contribution >= 0.6 is 0 Å². The lowest BCUT2D eigenvalue weighted by Crippen LogP contribution is -2.16. The zero-order chi connectivity index (χ0) is 12.8. The summed E-state index contributed by atoms with van der Waals surface area (Å²) in [4.78, 5) is 0. The quantitative estimate of drug-likeness (QED) is 0.442. The molecule has 0 bridgehead atoms. The summed E-state index contributed by atoms with van der Waals surface area (Å²) in [6, 6.07) is 0. The molecule has 0 N–H and O–H groups in total. The summed E-state index contributed by atoms with van der Waals surface area (Å²) in [5, 5.41) is 0. The van der Waals surface area contributed by atoms with Gasteiger partial charge in [-0.05, 0) is 25.7 Å². The molecule has 0 aromatic rings. The van der Waals surface area contributed by atoms with E-state index in [1.165, 1.54) is 44.9 Å². The molecule has 1 atom stereocenters. The Hall–Kier alpha value is -0.0800. The van der Waals surface area contributed by atoms with Crippen LogP contribution in [0.3, 0.4) is 0 Å². The summed E-state index contributed by atoms with van der Waals surface area (Å²) in [5.41, 5.74) is 0. The third kappa shape index (κ3) is 12.2. The van der Waals surface area contributed by atoms with Gasteiger partial charge in [0.2, 0.25) is 0 Å². The maximum absolute atomic E-state index is 5.91. The van der Waals surface area contributed by atoms with Crippen LogP contribution in [-0.4, -0.2) is 25.9 Å². The van der Waals surface area contributed by atoms with E-state index in [0.717, 1.165) is 26.2 Å². The predicted molar refractivity (Wildman–Crippen MR) is 74.5 cm³/mol. The van der Waals surface area contributed by atoms with Crippen molar-refractivity contribution in [1.29, 1.82) is 0 Å². The molecule has 0 heterocycles. The van der Waals surface area contributed by atoms with Crippen LogP contribution in [0.5, 0.6) is 0 Å². The van der Waals surface area contributed by atoms with Crippen molar-refractivity contribution < 1.29 is 9.47 Å². The zero-order valence-electron chi connectivity index (χ0n) is 12.2. The Morgan fingerprint density at radius 1 is 0.706 bits per heavy atom. The molecule has 1 unspecified atom stereocenters. The van der Waals surface area contributed by atoms with Crippen LogP contribution in [-0.2, 0) is 9.47 Å². The van der Waals surface area contributed by atoms with Crippen LogP contribution in [0, 0.1) is 0 Å². The lowest BCUT2D eigenvalue weighted by Gasteiger charge is -2.17. The molecule has 104 valence electrons. The van der Waals surface area contributed by atoms with Crippen LogP contribution in [0.25, 0.3) is 0 Å². The Morgan fingerprint density at radius 3 is 2.00 bits per heavy atom. The monoisotopic (exact) mass is 244 g/mol. The molecule has 0 aromatic carbocycles. The molecule has 0 aliphatic rings. The average Bonchev–Trinajstić information content (AvgIpc) is 2.35. The summed E-state index contributed by atoms with van der Waals surface area (Å²) in [6.07, 6.45) is 9.99. The van der Waals surface area contributed by atoms with Crippen molar-refractivity contribution >= 4 is 0 Å². The Balaban J connectivity index is 3.53. The topological polar surface area (TPSA) is 18.5 Å². The number of ether oxygens (including phenoxy) is 2. The molecule has 0 fully saturated rings. The fourth-order valence-electron chi connectivity index (χ4n) is 1.70. The average molecular weight is 244 g/mol. The van der Waals surface area contributed by atoms with Crippen LogP contribution in [0.4, 0.5) is 0 Å². The van der Waals surface area contributed by atoms with Crippen molar-refractivity contribution in [2.24, 2.45) is 0 Å². The summed E-state index contributed by atoms with van der Waals surface area (Å²) in [7, 11) is 0. The Labute approximate surface area is 108 Å². The van der Waals surface area contributed by atoms with E-state index in [1.807, 2.05) is 0 Å². The van der Waals surface area contributed by atoms with E-state index >= 15 is 0 Å². The molecular formula is C15H32O2. The van der Waals surface area contributed by atoms with Gasteiger partial charge in [-0.25, -0.2) is 0 Å². The second-order valence-corrected chi connectivity index (χ2v) is 4.74. The normalized spacial score (nSPS) is 12.9. The van der Waals surface area contributed by atoms with Gasteiger partial charge in [-0.15, -0.1) is 0 Å². The van der Waals surface area contributed by atoms with E-state index in [2.05, 4.69) is 20.8 Å². The van der Waals surface area contributed by atoms with Gasteiger partial charge >= 0.3 is 0 Å². The first-order valence-electron chi connectivity index (χ1n) is 7.54. The third-order valence-electron chi connectivity index (χ3n) is 2.96. The Kier molecular flexibility index (Phi) is 13.9. The van der Waals surface area contributed by atoms with Gasteiger partial charge < -0.3 is 9.47 Å². The highest BCUT2D eigenvalue weighted by atomic mass is 16.5. The van der Waals surface area contributed by atoms with Gasteiger partial charge in [-0.2, -0.15) is 0 Å². The van der Waals surface area contributed by atoms with Gasteiger partial charge in [-0.3, -0.25) is 0 Å². The molecular weight excluding hydrogens is 212 g/mol. The molecule has 2 heteroatoms. The van der Waals surface area contributed by atoms with Crippen LogP contribution in [0.1, 0.15) is 72.1 Å². The fraction of sp³-hybridized carbons (Fsp3) is 1.00. The van der Waals surface area contributed by atoms with Crippen molar-refractivity contribution in [3.63, 3.8) is 0 Å². The molecule has 0 aliphatic carbocycles. The van der Waals surface area contributed by atoms with E-state index in [1.54, 1.807) is 0 Å². The highest BCUT2D eigenvalue weighted by Crippen LogP contribution is 2.10. The molecule has 0 aromatic heterocycles. The first-order chi connectivity index (χ1) is 8.35. The van der Waals surface area contributed by atoms with Gasteiger partial charge in [0, 0.05) is 19.8 Å². The first kappa shape index (κ1) is 16.9. The van der Waals surface area contributed by atoms with Crippen molar-refractivity contribution in [3.05, 3.63) is 0 Å². The minimum Gasteiger partial charge on any atom is -0.381 e. The fourth-order valence-corrected chi connectivity index (χ4v) is 1.70. The van der Waals surface area contributed by atoms with Crippen molar-refractivity contribution in [1.82, 2.24) is 0 Å². The molecule has 0 radical (unpaired) electrons. The summed E-state index contributed by atoms with van der Waals surface area (Å²) >= 11 is 0. The van der Waals surface area contributed by atoms with Crippen LogP contribution in [0.2, 0.25) is 0 Å². The first-order valence-corrected chi connectivity index (χ1v) is 7.54. The van der Waals surface area contributed by atoms with E-state index in [-0.39, 0.29) is 0 Å². The maximum atomic E-state index is 5.91. The number of hydrogen-bond acceptors (Lipinski definition) is 2. The molecule has 2 nitrogen and oxygen atoms in total. The SMILES string of the molecule is CCCCOCCC(CCCC)OCCCC. The van der Waals surface area contributed by atoms with E-state index < -0.39 is 0 Å². The van der Waals surface area contributed by atoms with E-state index in [4.69, 9.17) is 9.47 Å². The smallest absolute Gasteiger partial charge is 0.0597 e. The largest absolute Gasteiger partial charge is 0.381 e. The van der Waals surface area contributed by atoms with Crippen molar-refractivity contribution in [2.75, 3.05) is 19.8 Å². The summed E-state index contributed by atoms with van der Waals surface area (Å²) < 4.78 is 11.5. The molecule has 0 amide bonds. The standard InChI is InChI=1S/C15H32O2/c1-4-7-10-15(17-13-9-6-3)11-14-16-12-8-5-2/h15H,4-14H2,1-3H3. The number of rotatable bonds is 13. The minimum absolute atomic E-state index is 0.420. The maximum Gasteiger partial charge on any atom is 0.0597 e. The van der Waals surface area contributed by atoms with E-state index in [9.17, 15) is 0 Å². The second kappa shape index (κ2) is 14.0. The summed E-state index contributed by atoms with van der Waals surface area (Å²) in [6.45, 7) is 9.33. The Bertz CT molecular complexity index is 137. The highest BCUT2D eigenvalue weighted by Gasteiger charge is 2.08. The van der Waals surface area contributed by atoms with Gasteiger partial charge in [0.15, 0.2) is 0 Å². The Morgan fingerprint density at radius 2 is 1.35 bits per heavy atom. The minimum atomic E-state index is 0.420. The second-order valence-electron chi connectivity index (χ2n) is 4.74. The molecule has 0 aliphatic heterocycles. The van der Waals surface area contributed by atoms with Gasteiger partial charge in [0.05, 0.1) is 6.10 Å². The summed E-state index contributed by atoms with van der Waals surface area (Å²) in [5.74, 6) is 0. The van der Waals surface area contributed by atoms with Gasteiger partial charge in [-0.1, -0.05) is 46.5 Å². The van der Waals surface area contributed by atoms with Gasteiger partial charge in [0.25, 0.3) is 0 Å². The van der Waals surface area contributed by atoms with Gasteiger partial charge in [0.1, 0.15) is 0 Å². The predicted octanol–water partition coefficient (Wildman–Crippen LogP) is 4.57. The molecule has 17 heavy (non-hydrogen) atoms. The molecule has 0 saturated carbocycles. The van der Waals surface area contributed by atoms with Crippen molar-refractivity contribution in [3.8, 4) is 0 Å². The zero-order valence-corrected chi connectivity index (χ0v) is 12.2. The lowest BCUT2D eigenvalue weighted by atomic mass is 10.1. The number of hydrogen-bond donors (Lipinski definition) is 0. The van der Waals surface area contributed by atoms with E-state index in [0.29, 0.717) is 6.10 Å². The van der Waals surface area contributed by atoms with Crippen LogP contribution in [0.15, 0.2) is 0 Å². The van der Waals surface area contributed by atoms with Crippen molar-refractivity contribution in [2.45, 2.75) is 78.2 Å². The lowest BCUT2D eigenvalue weighted by molar-refractivity contribution is 0.0140. The molecule has 0 rings (SSSR count).